The van der Waals surface area contributed by atoms with Crippen LogP contribution in [0.3, 0.4) is 0 Å². The summed E-state index contributed by atoms with van der Waals surface area (Å²) >= 11 is 3.37. The van der Waals surface area contributed by atoms with Gasteiger partial charge in [0, 0.05) is 18.6 Å². The fourth-order valence-corrected chi connectivity index (χ4v) is 7.20. The number of fused-ring (bicyclic) bond motifs is 1. The average molecular weight is 573 g/mol. The fourth-order valence-electron chi connectivity index (χ4n) is 3.56. The van der Waals surface area contributed by atoms with E-state index in [2.05, 4.69) is 20.8 Å². The maximum absolute atomic E-state index is 13.2. The zero-order valence-electron chi connectivity index (χ0n) is 18.1. The van der Waals surface area contributed by atoms with Crippen molar-refractivity contribution >= 4 is 74.7 Å². The number of carbonyl (C=O) groups excluding carboxylic acids is 2. The highest BCUT2D eigenvalue weighted by Gasteiger charge is 2.66. The van der Waals surface area contributed by atoms with Crippen LogP contribution in [0.4, 0.5) is 0 Å². The Morgan fingerprint density at radius 3 is 2.75 bits per heavy atom. The van der Waals surface area contributed by atoms with Crippen molar-refractivity contribution in [2.24, 2.45) is 0 Å². The van der Waals surface area contributed by atoms with Gasteiger partial charge in [0.1, 0.15) is 33.7 Å². The van der Waals surface area contributed by atoms with E-state index < -0.39 is 41.4 Å². The standard InChI is InChI=1S/C18H16N6O8S4/c1-32-18(19-13(27)12(36-31)9-3-2-4-33-9)15(30)24-11(14(28)29)8(6-34-16(18)24)7-35-17-20-21-22-23(17)5-10(25)26/h2-4,16H,5-7H2,1H3,(H,19,27)(H,25,26)(H,28,29)/t16-,18+/m1/s1. The molecule has 190 valence electrons. The molecule has 0 radical (unpaired) electrons. The lowest BCUT2D eigenvalue weighted by Crippen LogP contribution is -2.81. The van der Waals surface area contributed by atoms with E-state index >= 15 is 0 Å². The number of thioether (sulfide) groups is 2. The predicted octanol–water partition coefficient (Wildman–Crippen LogP) is -0.942. The van der Waals surface area contributed by atoms with E-state index in [0.29, 0.717) is 10.5 Å². The van der Waals surface area contributed by atoms with E-state index in [1.807, 2.05) is 0 Å². The van der Waals surface area contributed by atoms with Gasteiger partial charge in [-0.3, -0.25) is 19.3 Å². The van der Waals surface area contributed by atoms with Crippen LogP contribution in [0.5, 0.6) is 0 Å². The van der Waals surface area contributed by atoms with Gasteiger partial charge in [-0.2, -0.15) is 0 Å². The van der Waals surface area contributed by atoms with Crippen LogP contribution < -0.4 is 5.32 Å². The van der Waals surface area contributed by atoms with Crippen LogP contribution in [0.15, 0.2) is 33.9 Å². The summed E-state index contributed by atoms with van der Waals surface area (Å²) in [6.45, 7) is -0.468. The second kappa shape index (κ2) is 10.5. The summed E-state index contributed by atoms with van der Waals surface area (Å²) in [5.74, 6) is -3.87. The molecule has 2 atom stereocenters. The third kappa shape index (κ3) is 4.57. The third-order valence-electron chi connectivity index (χ3n) is 5.13. The van der Waals surface area contributed by atoms with E-state index in [4.69, 9.17) is 9.84 Å². The molecule has 3 N–H and O–H groups in total. The quantitative estimate of drug-likeness (QED) is 0.104. The number of carbonyl (C=O) groups is 4. The van der Waals surface area contributed by atoms with E-state index in [0.717, 1.165) is 21.3 Å². The molecule has 2 aliphatic heterocycles. The van der Waals surface area contributed by atoms with Crippen LogP contribution in [0, 0.1) is 0 Å². The molecule has 0 bridgehead atoms. The molecule has 2 aliphatic rings. The number of amides is 2. The first-order valence-electron chi connectivity index (χ1n) is 9.83. The lowest BCUT2D eigenvalue weighted by Gasteiger charge is -2.55. The van der Waals surface area contributed by atoms with Crippen molar-refractivity contribution in [2.45, 2.75) is 22.8 Å². The lowest BCUT2D eigenvalue weighted by atomic mass is 9.98. The van der Waals surface area contributed by atoms with Crippen LogP contribution in [-0.4, -0.2) is 97.9 Å². The van der Waals surface area contributed by atoms with Gasteiger partial charge in [-0.15, -0.1) is 28.2 Å². The second-order valence-electron chi connectivity index (χ2n) is 7.18. The number of carboxylic acids is 2. The predicted molar refractivity (Wildman–Crippen MR) is 128 cm³/mol. The van der Waals surface area contributed by atoms with Crippen molar-refractivity contribution in [3.63, 3.8) is 0 Å². The highest BCUT2D eigenvalue weighted by molar-refractivity contribution is 8.01. The molecule has 2 amide bonds. The van der Waals surface area contributed by atoms with Gasteiger partial charge in [0.05, 0.1) is 4.88 Å². The summed E-state index contributed by atoms with van der Waals surface area (Å²) in [7, 11) is 1.21. The fraction of sp³-hybridized carbons (Fsp3) is 0.333. The molecular weight excluding hydrogens is 557 g/mol. The van der Waals surface area contributed by atoms with Crippen molar-refractivity contribution in [2.75, 3.05) is 18.6 Å². The number of rotatable bonds is 10. The molecule has 0 spiro atoms. The average Bonchev–Trinajstić information content (AvgIpc) is 3.53. The van der Waals surface area contributed by atoms with Crippen LogP contribution in [0.2, 0.25) is 0 Å². The van der Waals surface area contributed by atoms with Crippen molar-refractivity contribution in [3.05, 3.63) is 33.7 Å². The number of hydrogen-bond acceptors (Lipinski definition) is 12. The summed E-state index contributed by atoms with van der Waals surface area (Å²) in [5, 5.41) is 33.1. The Labute approximate surface area is 218 Å². The Kier molecular flexibility index (Phi) is 7.59. The minimum atomic E-state index is -1.86. The van der Waals surface area contributed by atoms with Crippen molar-refractivity contribution < 1.29 is 38.3 Å². The number of thiophene rings is 1. The first-order valence-corrected chi connectivity index (χ1v) is 13.5. The number of hydrogen-bond donors (Lipinski definition) is 3. The summed E-state index contributed by atoms with van der Waals surface area (Å²) in [4.78, 5) is 50.5. The van der Waals surface area contributed by atoms with Gasteiger partial charge in [-0.05, 0) is 27.4 Å². The van der Waals surface area contributed by atoms with E-state index in [1.165, 1.54) is 30.2 Å². The molecule has 0 unspecified atom stereocenters. The lowest BCUT2D eigenvalue weighted by molar-refractivity contribution is -0.191. The minimum Gasteiger partial charge on any atom is -0.480 e. The van der Waals surface area contributed by atoms with E-state index in [-0.39, 0.29) is 38.5 Å². The molecular formula is C18H16N6O8S4. The number of nitrogens with zero attached hydrogens (tertiary/aromatic N) is 5. The first kappa shape index (κ1) is 26.0. The Morgan fingerprint density at radius 1 is 1.36 bits per heavy atom. The second-order valence-corrected chi connectivity index (χ2v) is 10.7. The Balaban J connectivity index is 1.56. The Bertz CT molecular complexity index is 1320. The van der Waals surface area contributed by atoms with Crippen molar-refractivity contribution in [3.8, 4) is 0 Å². The maximum atomic E-state index is 13.2. The molecule has 4 rings (SSSR count). The van der Waals surface area contributed by atoms with Crippen molar-refractivity contribution in [1.82, 2.24) is 30.4 Å². The number of ether oxygens (including phenoxy) is 1. The highest BCUT2D eigenvalue weighted by atomic mass is 32.2. The highest BCUT2D eigenvalue weighted by Crippen LogP contribution is 2.47. The van der Waals surface area contributed by atoms with Crippen molar-refractivity contribution in [1.29, 1.82) is 0 Å². The molecule has 18 heteroatoms. The van der Waals surface area contributed by atoms with Gasteiger partial charge in [0.25, 0.3) is 17.5 Å². The Morgan fingerprint density at radius 2 is 2.14 bits per heavy atom. The zero-order valence-corrected chi connectivity index (χ0v) is 21.4. The zero-order chi connectivity index (χ0) is 26.0. The largest absolute Gasteiger partial charge is 0.480 e. The van der Waals surface area contributed by atoms with Crippen LogP contribution >= 0.6 is 34.9 Å². The first-order chi connectivity index (χ1) is 17.2. The number of methoxy groups -OCH3 is 1. The van der Waals surface area contributed by atoms with Gasteiger partial charge in [-0.25, -0.2) is 13.7 Å². The number of nitrogens with one attached hydrogen (secondary N) is 1. The number of β-lactam (4-membered cyclic amide) rings is 1. The normalized spacial score (nSPS) is 21.0. The molecule has 2 aromatic rings. The number of carboxylic acid groups (broad SMARTS) is 2. The van der Waals surface area contributed by atoms with Gasteiger partial charge < -0.3 is 20.3 Å². The van der Waals surface area contributed by atoms with E-state index in [9.17, 15) is 28.5 Å². The molecule has 0 saturated carbocycles. The van der Waals surface area contributed by atoms with Crippen LogP contribution in [0.1, 0.15) is 4.88 Å². The molecule has 4 heterocycles. The molecule has 1 saturated heterocycles. The smallest absolute Gasteiger partial charge is 0.352 e. The monoisotopic (exact) mass is 572 g/mol. The van der Waals surface area contributed by atoms with E-state index in [1.54, 1.807) is 17.5 Å². The van der Waals surface area contributed by atoms with Gasteiger partial charge in [-0.1, -0.05) is 17.8 Å². The molecule has 0 aliphatic carbocycles. The Hall–Kier alpha value is -3.06. The number of aromatic nitrogens is 4. The molecule has 0 aromatic carbocycles. The molecule has 2 aromatic heterocycles. The summed E-state index contributed by atoms with van der Waals surface area (Å²) in [5.41, 5.74) is -1.75. The SMILES string of the molecule is CO[C@@]1(NC(=O)C(=S=O)c2cccs2)C(=O)N2C(C(=O)O)=C(CSc3nnnn3CC(=O)O)CS[C@@H]21. The third-order valence-corrected chi connectivity index (χ3v) is 9.13. The van der Waals surface area contributed by atoms with Gasteiger partial charge >= 0.3 is 11.9 Å². The molecule has 36 heavy (non-hydrogen) atoms. The van der Waals surface area contributed by atoms with Crippen LogP contribution in [-0.2, 0) is 41.7 Å². The van der Waals surface area contributed by atoms with Gasteiger partial charge in [0.15, 0.2) is 0 Å². The summed E-state index contributed by atoms with van der Waals surface area (Å²) in [6, 6.07) is 3.27. The van der Waals surface area contributed by atoms with Gasteiger partial charge in [0.2, 0.25) is 5.16 Å². The van der Waals surface area contributed by atoms with Crippen LogP contribution in [0.25, 0.3) is 0 Å². The summed E-state index contributed by atoms with van der Waals surface area (Å²) < 4.78 is 18.1. The molecule has 1 fully saturated rings. The molecule has 14 nitrogen and oxygen atoms in total. The summed E-state index contributed by atoms with van der Waals surface area (Å²) in [6.07, 6.45) is 0. The maximum Gasteiger partial charge on any atom is 0.352 e. The number of tetrazole rings is 1. The number of aliphatic carboxylic acids is 2. The minimum absolute atomic E-state index is 0.0154. The topological polar surface area (TPSA) is 194 Å².